The van der Waals surface area contributed by atoms with Crippen LogP contribution < -0.4 is 0 Å². The van der Waals surface area contributed by atoms with E-state index in [1.54, 1.807) is 0 Å². The molecule has 0 saturated carbocycles. The summed E-state index contributed by atoms with van der Waals surface area (Å²) in [6, 6.07) is 0. The van der Waals surface area contributed by atoms with Gasteiger partial charge in [0.05, 0.1) is 17.7 Å². The molecule has 1 heterocycles. The van der Waals surface area contributed by atoms with Gasteiger partial charge in [-0.2, -0.15) is 0 Å². The van der Waals surface area contributed by atoms with Crippen LogP contribution in [-0.2, 0) is 0 Å². The van der Waals surface area contributed by atoms with Gasteiger partial charge in [-0.05, 0) is 26.3 Å². The van der Waals surface area contributed by atoms with E-state index in [0.717, 1.165) is 5.69 Å². The maximum Gasteiger partial charge on any atom is 0.223 e. The summed E-state index contributed by atoms with van der Waals surface area (Å²) < 4.78 is 2.03. The minimum Gasteiger partial charge on any atom is -0.137 e. The Morgan fingerprint density at radius 2 is 1.91 bits per heavy atom. The molecule has 0 radical (unpaired) electrons. The van der Waals surface area contributed by atoms with Gasteiger partial charge in [0.2, 0.25) is 7.70 Å². The lowest BCUT2D eigenvalue weighted by Crippen LogP contribution is -1.90. The van der Waals surface area contributed by atoms with Crippen molar-refractivity contribution in [2.24, 2.45) is 0 Å². The number of aromatic nitrogens is 2. The normalized spacial score (nSPS) is 11.8. The molecule has 3 heteroatoms. The lowest BCUT2D eigenvalue weighted by molar-refractivity contribution is 0.938. The highest BCUT2D eigenvalue weighted by molar-refractivity contribution is 7.53. The van der Waals surface area contributed by atoms with Crippen molar-refractivity contribution >= 4 is 14.0 Å². The van der Waals surface area contributed by atoms with Crippen molar-refractivity contribution in [1.82, 2.24) is 9.55 Å². The number of rotatable bonds is 1. The zero-order chi connectivity index (χ0) is 8.59. The molecule has 1 aromatic heterocycles. The van der Waals surface area contributed by atoms with E-state index in [1.165, 1.54) is 11.3 Å². The Labute approximate surface area is 68.7 Å². The lowest BCUT2D eigenvalue weighted by Gasteiger charge is -1.90. The summed E-state index contributed by atoms with van der Waals surface area (Å²) in [7, 11) is -0.356. The van der Waals surface area contributed by atoms with E-state index in [4.69, 9.17) is 0 Å². The second kappa shape index (κ2) is 2.78. The average molecular weight is 169 g/mol. The van der Waals surface area contributed by atoms with Gasteiger partial charge in [0, 0.05) is 0 Å². The molecule has 60 valence electrons. The van der Waals surface area contributed by atoms with E-state index < -0.39 is 0 Å². The van der Waals surface area contributed by atoms with Gasteiger partial charge in [0.15, 0.2) is 0 Å². The van der Waals surface area contributed by atoms with Crippen LogP contribution in [0.2, 0.25) is 0 Å². The van der Waals surface area contributed by atoms with Crippen molar-refractivity contribution in [1.29, 1.82) is 0 Å². The van der Waals surface area contributed by atoms with Crippen molar-refractivity contribution in [2.45, 2.75) is 20.8 Å². The zero-order valence-electron chi connectivity index (χ0n) is 7.55. The fraction of sp³-hybridized carbons (Fsp3) is 0.500. The van der Waals surface area contributed by atoms with Crippen LogP contribution in [0.4, 0.5) is 0 Å². The summed E-state index contributed by atoms with van der Waals surface area (Å²) in [5.41, 5.74) is 3.68. The molecular formula is C8H14N2P+. The summed E-state index contributed by atoms with van der Waals surface area (Å²) in [5.74, 6) is 0. The summed E-state index contributed by atoms with van der Waals surface area (Å²) in [6.45, 7) is 8.35. The van der Waals surface area contributed by atoms with Gasteiger partial charge in [0.1, 0.15) is 6.66 Å². The smallest absolute Gasteiger partial charge is 0.137 e. The Balaban J connectivity index is 3.29. The molecule has 1 aromatic rings. The lowest BCUT2D eigenvalue weighted by atomic mass is 10.2. The molecule has 0 bridgehead atoms. The van der Waals surface area contributed by atoms with E-state index in [0.29, 0.717) is 0 Å². The van der Waals surface area contributed by atoms with Crippen LogP contribution in [0.3, 0.4) is 0 Å². The number of nitrogens with zero attached hydrogens (tertiary/aromatic N) is 2. The highest BCUT2D eigenvalue weighted by Crippen LogP contribution is 2.22. The minimum atomic E-state index is -0.356. The average Bonchev–Trinajstić information content (AvgIpc) is 2.17. The van der Waals surface area contributed by atoms with Gasteiger partial charge in [-0.15, -0.1) is 5.10 Å². The van der Waals surface area contributed by atoms with Crippen LogP contribution in [0.1, 0.15) is 17.0 Å². The number of hydrogen-bond acceptors (Lipinski definition) is 1. The molecule has 0 aliphatic heterocycles. The van der Waals surface area contributed by atoms with Crippen LogP contribution in [0.25, 0.3) is 0 Å². The fourth-order valence-corrected chi connectivity index (χ4v) is 1.99. The first-order valence-electron chi connectivity index (χ1n) is 3.61. The van der Waals surface area contributed by atoms with Crippen molar-refractivity contribution in [3.63, 3.8) is 0 Å². The Bertz CT molecular complexity index is 299. The summed E-state index contributed by atoms with van der Waals surface area (Å²) in [5, 5.41) is 4.39. The second-order valence-electron chi connectivity index (χ2n) is 2.84. The van der Waals surface area contributed by atoms with E-state index >= 15 is 0 Å². The van der Waals surface area contributed by atoms with Crippen molar-refractivity contribution < 1.29 is 0 Å². The largest absolute Gasteiger partial charge is 0.223 e. The predicted octanol–water partition coefficient (Wildman–Crippen LogP) is 2.12. The van der Waals surface area contributed by atoms with Crippen molar-refractivity contribution in [3.05, 3.63) is 17.0 Å². The maximum atomic E-state index is 4.39. The molecule has 1 rings (SSSR count). The Hall–Kier alpha value is -0.620. The molecule has 11 heavy (non-hydrogen) atoms. The minimum absolute atomic E-state index is 0.356. The quantitative estimate of drug-likeness (QED) is 0.589. The standard InChI is InChI=1S/C8H14N2P/c1-6-7(2)9-10(8(6)3)11(4)5/h4H2,1-3,5H3/q+1. The van der Waals surface area contributed by atoms with E-state index in [2.05, 4.69) is 31.9 Å². The summed E-state index contributed by atoms with van der Waals surface area (Å²) in [6.07, 6.45) is 3.99. The monoisotopic (exact) mass is 169 g/mol. The number of aryl methyl sites for hydroxylation is 1. The summed E-state index contributed by atoms with van der Waals surface area (Å²) >= 11 is 0. The van der Waals surface area contributed by atoms with Gasteiger partial charge in [-0.25, -0.2) is 0 Å². The van der Waals surface area contributed by atoms with Crippen molar-refractivity contribution in [2.75, 3.05) is 6.66 Å². The van der Waals surface area contributed by atoms with Gasteiger partial charge in [-0.1, -0.05) is 4.45 Å². The summed E-state index contributed by atoms with van der Waals surface area (Å²) in [4.78, 5) is 0. The van der Waals surface area contributed by atoms with Gasteiger partial charge < -0.3 is 0 Å². The van der Waals surface area contributed by atoms with E-state index in [1.807, 2.05) is 11.4 Å². The highest BCUT2D eigenvalue weighted by atomic mass is 31.1. The molecule has 0 saturated heterocycles. The molecule has 0 spiro atoms. The first-order chi connectivity index (χ1) is 5.04. The first kappa shape index (κ1) is 8.48. The Kier molecular flexibility index (Phi) is 2.15. The molecule has 1 unspecified atom stereocenters. The molecule has 0 fully saturated rings. The molecule has 2 nitrogen and oxygen atoms in total. The third kappa shape index (κ3) is 1.36. The molecule has 1 atom stereocenters. The van der Waals surface area contributed by atoms with Crippen LogP contribution in [0.5, 0.6) is 0 Å². The first-order valence-corrected chi connectivity index (χ1v) is 5.54. The van der Waals surface area contributed by atoms with Gasteiger partial charge in [0.25, 0.3) is 0 Å². The molecule has 0 aliphatic carbocycles. The fourth-order valence-electron chi connectivity index (χ4n) is 1.04. The highest BCUT2D eigenvalue weighted by Gasteiger charge is 2.12. The van der Waals surface area contributed by atoms with Crippen LogP contribution in [0, 0.1) is 20.8 Å². The van der Waals surface area contributed by atoms with Gasteiger partial charge >= 0.3 is 0 Å². The zero-order valence-corrected chi connectivity index (χ0v) is 8.44. The molecular weight excluding hydrogens is 155 g/mol. The SMILES string of the molecule is C=[P+](C)n1nc(C)c(C)c1C. The predicted molar refractivity (Wildman–Crippen MR) is 51.8 cm³/mol. The van der Waals surface area contributed by atoms with Gasteiger partial charge in [-0.3, -0.25) is 0 Å². The molecule has 0 amide bonds. The van der Waals surface area contributed by atoms with Crippen LogP contribution >= 0.6 is 7.70 Å². The maximum absolute atomic E-state index is 4.39. The van der Waals surface area contributed by atoms with E-state index in [9.17, 15) is 0 Å². The Morgan fingerprint density at radius 1 is 1.36 bits per heavy atom. The van der Waals surface area contributed by atoms with Crippen LogP contribution in [-0.4, -0.2) is 22.5 Å². The third-order valence-electron chi connectivity index (χ3n) is 1.95. The number of hydrogen-bond donors (Lipinski definition) is 0. The molecule has 0 aromatic carbocycles. The molecule has 0 N–H and O–H groups in total. The van der Waals surface area contributed by atoms with Crippen LogP contribution in [0.15, 0.2) is 0 Å². The second-order valence-corrected chi connectivity index (χ2v) is 4.54. The van der Waals surface area contributed by atoms with E-state index in [-0.39, 0.29) is 7.70 Å². The Morgan fingerprint density at radius 3 is 2.09 bits per heavy atom. The topological polar surface area (TPSA) is 17.8 Å². The molecule has 0 aliphatic rings. The van der Waals surface area contributed by atoms with Crippen molar-refractivity contribution in [3.8, 4) is 0 Å². The third-order valence-corrected chi connectivity index (χ3v) is 2.99.